The van der Waals surface area contributed by atoms with Crippen molar-refractivity contribution in [3.63, 3.8) is 0 Å². The van der Waals surface area contributed by atoms with Gasteiger partial charge >= 0.3 is 6.03 Å². The van der Waals surface area contributed by atoms with Crippen LogP contribution in [0.3, 0.4) is 0 Å². The van der Waals surface area contributed by atoms with E-state index in [-0.39, 0.29) is 29.2 Å². The van der Waals surface area contributed by atoms with E-state index < -0.39 is 6.04 Å². The summed E-state index contributed by atoms with van der Waals surface area (Å²) in [6, 6.07) is 4.17. The first-order valence-corrected chi connectivity index (χ1v) is 8.23. The molecule has 7 heteroatoms. The van der Waals surface area contributed by atoms with Gasteiger partial charge in [0.2, 0.25) is 0 Å². The van der Waals surface area contributed by atoms with E-state index in [0.29, 0.717) is 29.8 Å². The van der Waals surface area contributed by atoms with Crippen molar-refractivity contribution in [3.05, 3.63) is 28.3 Å². The monoisotopic (exact) mass is 347 g/mol. The van der Waals surface area contributed by atoms with Gasteiger partial charge in [-0.15, -0.1) is 0 Å². The van der Waals surface area contributed by atoms with E-state index in [0.717, 1.165) is 4.90 Å². The van der Waals surface area contributed by atoms with E-state index in [1.807, 2.05) is 19.9 Å². The lowest BCUT2D eigenvalue weighted by Crippen LogP contribution is -2.39. The fourth-order valence-electron chi connectivity index (χ4n) is 3.34. The number of halogens is 1. The predicted molar refractivity (Wildman–Crippen MR) is 88.9 cm³/mol. The second-order valence-corrected chi connectivity index (χ2v) is 6.67. The molecule has 24 heavy (non-hydrogen) atoms. The number of carbonyl (C=O) groups excluding carboxylic acids is 2. The van der Waals surface area contributed by atoms with Gasteiger partial charge in [0.05, 0.1) is 28.5 Å². The molecule has 3 rings (SSSR count). The van der Waals surface area contributed by atoms with Gasteiger partial charge in [0.1, 0.15) is 12.1 Å². The van der Waals surface area contributed by atoms with Gasteiger partial charge < -0.3 is 9.64 Å². The van der Waals surface area contributed by atoms with Crippen LogP contribution in [-0.2, 0) is 9.53 Å². The molecule has 2 saturated heterocycles. The summed E-state index contributed by atoms with van der Waals surface area (Å²) in [5.41, 5.74) is 1.28. The second-order valence-electron chi connectivity index (χ2n) is 6.29. The van der Waals surface area contributed by atoms with Gasteiger partial charge in [0, 0.05) is 6.54 Å². The number of benzene rings is 1. The summed E-state index contributed by atoms with van der Waals surface area (Å²) in [6.07, 6.45) is 0.347. The van der Waals surface area contributed by atoms with Crippen LogP contribution >= 0.6 is 11.6 Å². The Morgan fingerprint density at radius 2 is 2.08 bits per heavy atom. The second kappa shape index (κ2) is 6.08. The zero-order valence-corrected chi connectivity index (χ0v) is 14.5. The Morgan fingerprint density at radius 3 is 2.71 bits per heavy atom. The first kappa shape index (κ1) is 16.7. The molecule has 0 bridgehead atoms. The number of imide groups is 1. The van der Waals surface area contributed by atoms with Crippen molar-refractivity contribution in [3.8, 4) is 6.07 Å². The normalized spacial score (nSPS) is 23.2. The molecule has 0 N–H and O–H groups in total. The van der Waals surface area contributed by atoms with Crippen LogP contribution in [-0.4, -0.2) is 41.6 Å². The minimum absolute atomic E-state index is 0.0157. The smallest absolute Gasteiger partial charge is 0.332 e. The molecule has 0 saturated carbocycles. The number of carbonyl (C=O) groups is 2. The number of nitrogens with zero attached hydrogens (tertiary/aromatic N) is 3. The third kappa shape index (κ3) is 2.45. The molecule has 2 fully saturated rings. The highest BCUT2D eigenvalue weighted by atomic mass is 35.5. The third-order valence-electron chi connectivity index (χ3n) is 4.42. The molecule has 2 heterocycles. The van der Waals surface area contributed by atoms with E-state index in [1.54, 1.807) is 17.9 Å². The van der Waals surface area contributed by atoms with Crippen LogP contribution in [0.4, 0.5) is 10.5 Å². The van der Waals surface area contributed by atoms with Gasteiger partial charge in [-0.05, 0) is 44.9 Å². The van der Waals surface area contributed by atoms with Gasteiger partial charge in [0.15, 0.2) is 0 Å². The zero-order chi connectivity index (χ0) is 17.6. The average Bonchev–Trinajstić information content (AvgIpc) is 3.04. The van der Waals surface area contributed by atoms with Crippen LogP contribution in [0.25, 0.3) is 0 Å². The molecule has 3 amide bonds. The summed E-state index contributed by atoms with van der Waals surface area (Å²) >= 11 is 6.18. The molecule has 6 nitrogen and oxygen atoms in total. The number of rotatable bonds is 3. The predicted octanol–water partition coefficient (Wildman–Crippen LogP) is 2.85. The van der Waals surface area contributed by atoms with E-state index in [2.05, 4.69) is 0 Å². The molecule has 2 aliphatic heterocycles. The van der Waals surface area contributed by atoms with Gasteiger partial charge in [-0.1, -0.05) is 11.6 Å². The highest BCUT2D eigenvalue weighted by Gasteiger charge is 2.53. The first-order valence-electron chi connectivity index (χ1n) is 7.86. The van der Waals surface area contributed by atoms with Crippen molar-refractivity contribution in [1.29, 1.82) is 5.26 Å². The molecule has 126 valence electrons. The quantitative estimate of drug-likeness (QED) is 0.788. The molecule has 1 aromatic rings. The Hall–Kier alpha value is -2.10. The van der Waals surface area contributed by atoms with Gasteiger partial charge in [0.25, 0.3) is 5.91 Å². The lowest BCUT2D eigenvalue weighted by atomic mass is 10.1. The van der Waals surface area contributed by atoms with Gasteiger partial charge in [-0.25, -0.2) is 9.69 Å². The Balaban J connectivity index is 1.97. The highest BCUT2D eigenvalue weighted by molar-refractivity contribution is 6.33. The molecule has 2 aliphatic rings. The summed E-state index contributed by atoms with van der Waals surface area (Å²) in [5, 5.41) is 9.31. The summed E-state index contributed by atoms with van der Waals surface area (Å²) in [7, 11) is 0. The summed E-state index contributed by atoms with van der Waals surface area (Å²) in [4.78, 5) is 28.3. The minimum atomic E-state index is -0.589. The lowest BCUT2D eigenvalue weighted by molar-refractivity contribution is -0.123. The minimum Gasteiger partial charge on any atom is -0.373 e. The van der Waals surface area contributed by atoms with Gasteiger partial charge in [-0.3, -0.25) is 4.79 Å². The molecule has 0 radical (unpaired) electrons. The third-order valence-corrected chi connectivity index (χ3v) is 4.91. The zero-order valence-electron chi connectivity index (χ0n) is 13.7. The van der Waals surface area contributed by atoms with Crippen LogP contribution in [0.1, 0.15) is 31.4 Å². The van der Waals surface area contributed by atoms with Crippen molar-refractivity contribution in [2.24, 2.45) is 0 Å². The summed E-state index contributed by atoms with van der Waals surface area (Å²) < 4.78 is 5.81. The van der Waals surface area contributed by atoms with Crippen LogP contribution in [0.2, 0.25) is 5.02 Å². The Morgan fingerprint density at radius 1 is 1.38 bits per heavy atom. The van der Waals surface area contributed by atoms with Gasteiger partial charge in [-0.2, -0.15) is 5.26 Å². The van der Waals surface area contributed by atoms with Crippen LogP contribution in [0, 0.1) is 18.3 Å². The van der Waals surface area contributed by atoms with Crippen molar-refractivity contribution in [2.75, 3.05) is 11.4 Å². The van der Waals surface area contributed by atoms with E-state index in [9.17, 15) is 9.59 Å². The van der Waals surface area contributed by atoms with Crippen molar-refractivity contribution in [2.45, 2.75) is 45.4 Å². The van der Waals surface area contributed by atoms with Crippen LogP contribution in [0.5, 0.6) is 0 Å². The number of fused-ring (bicyclic) bond motifs is 1. The standard InChI is InChI=1S/C17H18ClN3O3/c1-9(2)24-13-6-7-20-15(13)16(22)21(17(20)23)12-5-4-11(8-19)14(18)10(12)3/h4-5,9,13,15H,6-7H2,1-3H3/t13-,15?/m1/s1. The average molecular weight is 348 g/mol. The molecular weight excluding hydrogens is 330 g/mol. The molecule has 0 spiro atoms. The number of hydrogen-bond donors (Lipinski definition) is 0. The highest BCUT2D eigenvalue weighted by Crippen LogP contribution is 2.37. The number of urea groups is 1. The summed E-state index contributed by atoms with van der Waals surface area (Å²) in [6.45, 7) is 6.01. The van der Waals surface area contributed by atoms with E-state index in [1.165, 1.54) is 6.07 Å². The van der Waals surface area contributed by atoms with Crippen molar-refractivity contribution < 1.29 is 14.3 Å². The molecular formula is C17H18ClN3O3. The van der Waals surface area contributed by atoms with Crippen LogP contribution in [0.15, 0.2) is 12.1 Å². The first-order chi connectivity index (χ1) is 11.4. The fraction of sp³-hybridized carbons (Fsp3) is 0.471. The SMILES string of the molecule is Cc1c(N2C(=O)C3[C@H](OC(C)C)CCN3C2=O)ccc(C#N)c1Cl. The number of amides is 3. The topological polar surface area (TPSA) is 73.6 Å². The maximum absolute atomic E-state index is 12.9. The number of nitriles is 1. The van der Waals surface area contributed by atoms with E-state index >= 15 is 0 Å². The largest absolute Gasteiger partial charge is 0.373 e. The molecule has 0 aromatic heterocycles. The maximum Gasteiger partial charge on any atom is 0.332 e. The summed E-state index contributed by atoms with van der Waals surface area (Å²) in [5.74, 6) is -0.299. The van der Waals surface area contributed by atoms with E-state index in [4.69, 9.17) is 21.6 Å². The number of ether oxygens (including phenoxy) is 1. The Kier molecular flexibility index (Phi) is 4.24. The molecule has 0 aliphatic carbocycles. The molecule has 2 atom stereocenters. The fourth-order valence-corrected chi connectivity index (χ4v) is 3.55. The lowest BCUT2D eigenvalue weighted by Gasteiger charge is -2.21. The Labute approximate surface area is 145 Å². The number of anilines is 1. The van der Waals surface area contributed by atoms with Crippen molar-refractivity contribution >= 4 is 29.2 Å². The molecule has 1 aromatic carbocycles. The Bertz CT molecular complexity index is 756. The maximum atomic E-state index is 12.9. The van der Waals surface area contributed by atoms with Crippen molar-refractivity contribution in [1.82, 2.24) is 4.90 Å². The van der Waals surface area contributed by atoms with Crippen LogP contribution < -0.4 is 4.90 Å². The number of hydrogen-bond acceptors (Lipinski definition) is 4. The molecule has 1 unspecified atom stereocenters.